The number of imidazole rings is 1. The van der Waals surface area contributed by atoms with E-state index in [0.29, 0.717) is 6.54 Å². The van der Waals surface area contributed by atoms with Crippen LogP contribution in [0.4, 0.5) is 4.79 Å². The van der Waals surface area contributed by atoms with Gasteiger partial charge in [0.1, 0.15) is 11.4 Å². The summed E-state index contributed by atoms with van der Waals surface area (Å²) < 4.78 is 1.97. The van der Waals surface area contributed by atoms with E-state index in [4.69, 9.17) is 0 Å². The number of likely N-dealkylation sites (tertiary alicyclic amines) is 1. The summed E-state index contributed by atoms with van der Waals surface area (Å²) in [4.78, 5) is 34.4. The number of aromatic nitrogens is 2. The topological polar surface area (TPSA) is 104 Å². The van der Waals surface area contributed by atoms with E-state index in [1.54, 1.807) is 13.2 Å². The van der Waals surface area contributed by atoms with Gasteiger partial charge >= 0.3 is 6.03 Å². The van der Waals surface area contributed by atoms with E-state index < -0.39 is 11.6 Å². The third-order valence-electron chi connectivity index (χ3n) is 5.22. The first-order valence-corrected chi connectivity index (χ1v) is 8.49. The Morgan fingerprint density at radius 2 is 2.12 bits per heavy atom. The third kappa shape index (κ3) is 3.94. The molecule has 1 aromatic heterocycles. The Balaban J connectivity index is 0.00000243. The molecule has 9 nitrogen and oxygen atoms in total. The highest BCUT2D eigenvalue weighted by molar-refractivity contribution is 14.0. The smallest absolute Gasteiger partial charge is 0.322 e. The van der Waals surface area contributed by atoms with Crippen molar-refractivity contribution in [2.24, 2.45) is 18.0 Å². The van der Waals surface area contributed by atoms with Crippen LogP contribution in [0.2, 0.25) is 0 Å². The van der Waals surface area contributed by atoms with Gasteiger partial charge < -0.3 is 20.1 Å². The molecule has 3 amide bonds. The van der Waals surface area contributed by atoms with Gasteiger partial charge in [-0.2, -0.15) is 0 Å². The average molecular weight is 475 g/mol. The van der Waals surface area contributed by atoms with Crippen LogP contribution in [0.1, 0.15) is 25.6 Å². The summed E-state index contributed by atoms with van der Waals surface area (Å²) in [5.74, 6) is 1.65. The minimum Gasteiger partial charge on any atom is -0.349 e. The zero-order chi connectivity index (χ0) is 18.0. The van der Waals surface area contributed by atoms with Gasteiger partial charge in [-0.25, -0.2) is 9.78 Å². The summed E-state index contributed by atoms with van der Waals surface area (Å²) in [5.41, 5.74) is -0.812. The number of halogens is 1. The number of hydrogen-bond donors (Lipinski definition) is 3. The SMILES string of the molecule is CN=C(NCc1nccn1C)N1CCC(C2(C)NC(=O)NC2=O)CC1.I. The maximum absolute atomic E-state index is 12.1. The Kier molecular flexibility index (Phi) is 6.48. The van der Waals surface area contributed by atoms with Crippen molar-refractivity contribution in [1.82, 2.24) is 30.4 Å². The van der Waals surface area contributed by atoms with Crippen LogP contribution in [0.3, 0.4) is 0 Å². The lowest BCUT2D eigenvalue weighted by atomic mass is 9.79. The quantitative estimate of drug-likeness (QED) is 0.255. The number of hydrogen-bond acceptors (Lipinski definition) is 4. The van der Waals surface area contributed by atoms with E-state index in [1.165, 1.54) is 0 Å². The number of aryl methyl sites for hydroxylation is 1. The second kappa shape index (κ2) is 8.23. The minimum absolute atomic E-state index is 0. The first-order chi connectivity index (χ1) is 11.9. The first kappa shape index (κ1) is 20.5. The fourth-order valence-corrected chi connectivity index (χ4v) is 3.57. The molecule has 2 fully saturated rings. The molecule has 0 spiro atoms. The highest BCUT2D eigenvalue weighted by Crippen LogP contribution is 2.30. The number of aliphatic imine (C=N–C) groups is 1. The number of imide groups is 1. The number of carbonyl (C=O) groups excluding carboxylic acids is 2. The van der Waals surface area contributed by atoms with Crippen molar-refractivity contribution in [3.8, 4) is 0 Å². The van der Waals surface area contributed by atoms with Crippen LogP contribution in [0.15, 0.2) is 17.4 Å². The lowest BCUT2D eigenvalue weighted by Gasteiger charge is -2.39. The van der Waals surface area contributed by atoms with Crippen LogP contribution in [0, 0.1) is 5.92 Å². The molecule has 0 bridgehead atoms. The number of nitrogens with zero attached hydrogens (tertiary/aromatic N) is 4. The molecule has 3 rings (SSSR count). The summed E-state index contributed by atoms with van der Waals surface area (Å²) in [6.07, 6.45) is 5.31. The van der Waals surface area contributed by atoms with E-state index in [2.05, 4.69) is 30.8 Å². The molecule has 144 valence electrons. The Bertz CT molecular complexity index is 697. The van der Waals surface area contributed by atoms with E-state index in [-0.39, 0.29) is 35.8 Å². The predicted molar refractivity (Wildman–Crippen MR) is 108 cm³/mol. The number of carbonyl (C=O) groups is 2. The van der Waals surface area contributed by atoms with E-state index in [1.807, 2.05) is 24.7 Å². The molecule has 0 aromatic carbocycles. The second-order valence-electron chi connectivity index (χ2n) is 6.73. The monoisotopic (exact) mass is 475 g/mol. The van der Waals surface area contributed by atoms with Crippen LogP contribution >= 0.6 is 24.0 Å². The van der Waals surface area contributed by atoms with Crippen molar-refractivity contribution in [3.05, 3.63) is 18.2 Å². The molecular formula is C16H26IN7O2. The van der Waals surface area contributed by atoms with Gasteiger partial charge in [0.2, 0.25) is 0 Å². The molecule has 1 aromatic rings. The summed E-state index contributed by atoms with van der Waals surface area (Å²) in [5, 5.41) is 8.46. The van der Waals surface area contributed by atoms with Crippen molar-refractivity contribution in [2.75, 3.05) is 20.1 Å². The molecule has 26 heavy (non-hydrogen) atoms. The van der Waals surface area contributed by atoms with Gasteiger partial charge in [0.15, 0.2) is 5.96 Å². The van der Waals surface area contributed by atoms with Crippen LogP contribution in [-0.2, 0) is 18.4 Å². The molecular weight excluding hydrogens is 449 g/mol. The van der Waals surface area contributed by atoms with Gasteiger partial charge in [0.05, 0.1) is 6.54 Å². The van der Waals surface area contributed by atoms with Crippen molar-refractivity contribution < 1.29 is 9.59 Å². The third-order valence-corrected chi connectivity index (χ3v) is 5.22. The summed E-state index contributed by atoms with van der Waals surface area (Å²) >= 11 is 0. The van der Waals surface area contributed by atoms with Gasteiger partial charge in [-0.05, 0) is 25.7 Å². The van der Waals surface area contributed by atoms with Crippen LogP contribution < -0.4 is 16.0 Å². The summed E-state index contributed by atoms with van der Waals surface area (Å²) in [6, 6.07) is -0.400. The molecule has 1 atom stereocenters. The lowest BCUT2D eigenvalue weighted by molar-refractivity contribution is -0.125. The maximum Gasteiger partial charge on any atom is 0.322 e. The highest BCUT2D eigenvalue weighted by Gasteiger charge is 2.48. The largest absolute Gasteiger partial charge is 0.349 e. The van der Waals surface area contributed by atoms with E-state index in [9.17, 15) is 9.59 Å². The predicted octanol–water partition coefficient (Wildman–Crippen LogP) is 0.424. The van der Waals surface area contributed by atoms with Gasteiger partial charge in [0.25, 0.3) is 5.91 Å². The molecule has 0 radical (unpaired) electrons. The summed E-state index contributed by atoms with van der Waals surface area (Å²) in [6.45, 7) is 3.97. The van der Waals surface area contributed by atoms with Crippen LogP contribution in [0.5, 0.6) is 0 Å². The summed E-state index contributed by atoms with van der Waals surface area (Å²) in [7, 11) is 3.72. The van der Waals surface area contributed by atoms with Crippen molar-refractivity contribution in [2.45, 2.75) is 31.8 Å². The van der Waals surface area contributed by atoms with Gasteiger partial charge in [-0.15, -0.1) is 24.0 Å². The molecule has 2 aliphatic rings. The van der Waals surface area contributed by atoms with E-state index in [0.717, 1.165) is 37.7 Å². The number of piperidine rings is 1. The number of rotatable bonds is 3. The molecule has 3 N–H and O–H groups in total. The molecule has 0 aliphatic carbocycles. The lowest BCUT2D eigenvalue weighted by Crippen LogP contribution is -2.55. The Hall–Kier alpha value is -1.85. The molecule has 0 saturated carbocycles. The Labute approximate surface area is 170 Å². The zero-order valence-corrected chi connectivity index (χ0v) is 17.6. The van der Waals surface area contributed by atoms with Gasteiger partial charge in [-0.3, -0.25) is 15.1 Å². The normalized spacial score (nSPS) is 24.1. The standard InChI is InChI=1S/C16H25N7O2.HI/c1-16(13(24)20-15(25)21-16)11-4-7-23(8-5-11)14(17-2)19-10-12-18-6-9-22(12)3;/h6,9,11H,4-5,7-8,10H2,1-3H3,(H,17,19)(H2,20,21,24,25);1H. The molecule has 2 aliphatic heterocycles. The molecule has 3 heterocycles. The molecule has 1 unspecified atom stereocenters. The fraction of sp³-hybridized carbons (Fsp3) is 0.625. The Morgan fingerprint density at radius 3 is 2.62 bits per heavy atom. The fourth-order valence-electron chi connectivity index (χ4n) is 3.57. The van der Waals surface area contributed by atoms with Crippen molar-refractivity contribution in [1.29, 1.82) is 0 Å². The van der Waals surface area contributed by atoms with Gasteiger partial charge in [0, 0.05) is 39.6 Å². The van der Waals surface area contributed by atoms with Crippen LogP contribution in [-0.4, -0.2) is 58.0 Å². The van der Waals surface area contributed by atoms with Gasteiger partial charge in [-0.1, -0.05) is 0 Å². The molecule has 10 heteroatoms. The second-order valence-corrected chi connectivity index (χ2v) is 6.73. The Morgan fingerprint density at radius 1 is 1.42 bits per heavy atom. The van der Waals surface area contributed by atoms with Crippen LogP contribution in [0.25, 0.3) is 0 Å². The number of guanidine groups is 1. The van der Waals surface area contributed by atoms with E-state index >= 15 is 0 Å². The maximum atomic E-state index is 12.1. The van der Waals surface area contributed by atoms with Crippen molar-refractivity contribution in [3.63, 3.8) is 0 Å². The highest BCUT2D eigenvalue weighted by atomic mass is 127. The first-order valence-electron chi connectivity index (χ1n) is 8.49. The van der Waals surface area contributed by atoms with Crippen molar-refractivity contribution >= 4 is 41.9 Å². The molecule has 2 saturated heterocycles. The number of urea groups is 1. The number of nitrogens with one attached hydrogen (secondary N) is 3. The zero-order valence-electron chi connectivity index (χ0n) is 15.3. The minimum atomic E-state index is -0.812. The average Bonchev–Trinajstić information content (AvgIpc) is 3.12. The number of amides is 3.